The van der Waals surface area contributed by atoms with Crippen LogP contribution >= 0.6 is 0 Å². The van der Waals surface area contributed by atoms with Crippen LogP contribution < -0.4 is 10.2 Å². The second kappa shape index (κ2) is 5.46. The first-order chi connectivity index (χ1) is 8.26. The van der Waals surface area contributed by atoms with Crippen LogP contribution in [0.3, 0.4) is 0 Å². The lowest BCUT2D eigenvalue weighted by atomic mass is 10.0. The summed E-state index contributed by atoms with van der Waals surface area (Å²) < 4.78 is 5.64. The molecule has 2 atom stereocenters. The highest BCUT2D eigenvalue weighted by molar-refractivity contribution is 5.27. The number of aliphatic hydroxyl groups is 1. The van der Waals surface area contributed by atoms with Gasteiger partial charge in [0, 0.05) is 6.54 Å². The molecule has 6 nitrogen and oxygen atoms in total. The summed E-state index contributed by atoms with van der Waals surface area (Å²) in [5.41, 5.74) is 0. The van der Waals surface area contributed by atoms with Gasteiger partial charge in [-0.15, -0.1) is 5.10 Å². The van der Waals surface area contributed by atoms with Crippen LogP contribution in [0.5, 0.6) is 0 Å². The molecule has 0 saturated carbocycles. The summed E-state index contributed by atoms with van der Waals surface area (Å²) in [6.07, 6.45) is 3.24. The summed E-state index contributed by atoms with van der Waals surface area (Å²) in [6, 6.07) is 0.691. The van der Waals surface area contributed by atoms with Gasteiger partial charge < -0.3 is 19.7 Å². The first kappa shape index (κ1) is 12.3. The van der Waals surface area contributed by atoms with Crippen LogP contribution in [0.2, 0.25) is 0 Å². The predicted molar refractivity (Wildman–Crippen MR) is 63.8 cm³/mol. The average Bonchev–Trinajstić information content (AvgIpc) is 2.87. The molecule has 1 aromatic rings. The number of anilines is 1. The van der Waals surface area contributed by atoms with E-state index in [0.717, 1.165) is 25.8 Å². The van der Waals surface area contributed by atoms with Crippen LogP contribution in [0.1, 0.15) is 38.1 Å². The summed E-state index contributed by atoms with van der Waals surface area (Å²) in [5, 5.41) is 20.5. The van der Waals surface area contributed by atoms with Crippen LogP contribution in [-0.2, 0) is 0 Å². The van der Waals surface area contributed by atoms with Crippen molar-refractivity contribution in [2.24, 2.45) is 0 Å². The highest BCUT2D eigenvalue weighted by atomic mass is 16.4. The Balaban J connectivity index is 2.12. The van der Waals surface area contributed by atoms with Crippen LogP contribution in [0.25, 0.3) is 0 Å². The summed E-state index contributed by atoms with van der Waals surface area (Å²) in [7, 11) is 1.85. The number of hydrogen-bond acceptors (Lipinski definition) is 6. The number of aromatic nitrogens is 2. The summed E-state index contributed by atoms with van der Waals surface area (Å²) in [4.78, 5) is 2.02. The normalized spacial score (nSPS) is 22.8. The molecule has 2 unspecified atom stereocenters. The molecule has 17 heavy (non-hydrogen) atoms. The third-order valence-corrected chi connectivity index (χ3v) is 3.32. The number of piperidine rings is 1. The first-order valence-corrected chi connectivity index (χ1v) is 6.14. The van der Waals surface area contributed by atoms with Gasteiger partial charge in [0.1, 0.15) is 0 Å². The van der Waals surface area contributed by atoms with E-state index < -0.39 is 0 Å². The molecule has 2 N–H and O–H groups in total. The van der Waals surface area contributed by atoms with Gasteiger partial charge in [-0.3, -0.25) is 0 Å². The number of nitrogens with one attached hydrogen (secondary N) is 1. The van der Waals surface area contributed by atoms with Crippen molar-refractivity contribution in [3.63, 3.8) is 0 Å². The van der Waals surface area contributed by atoms with E-state index in [1.54, 1.807) is 0 Å². The Morgan fingerprint density at radius 3 is 3.06 bits per heavy atom. The van der Waals surface area contributed by atoms with Crippen molar-refractivity contribution in [2.75, 3.05) is 25.1 Å². The molecule has 0 amide bonds. The number of hydrogen-bond donors (Lipinski definition) is 2. The minimum atomic E-state index is 0.0496. The SMILES string of the molecule is CNC(C)c1nnc(N2CCCCC2CO)o1. The lowest BCUT2D eigenvalue weighted by Crippen LogP contribution is -2.42. The topological polar surface area (TPSA) is 74.4 Å². The van der Waals surface area contributed by atoms with E-state index in [2.05, 4.69) is 15.5 Å². The number of aliphatic hydroxyl groups excluding tert-OH is 1. The summed E-state index contributed by atoms with van der Waals surface area (Å²) in [6.45, 7) is 2.98. The van der Waals surface area contributed by atoms with Gasteiger partial charge in [0.15, 0.2) is 0 Å². The van der Waals surface area contributed by atoms with E-state index in [4.69, 9.17) is 4.42 Å². The van der Waals surface area contributed by atoms with E-state index in [0.29, 0.717) is 11.9 Å². The van der Waals surface area contributed by atoms with E-state index in [1.807, 2.05) is 18.9 Å². The molecule has 6 heteroatoms. The van der Waals surface area contributed by atoms with Crippen LogP contribution in [-0.4, -0.2) is 41.5 Å². The molecule has 96 valence electrons. The van der Waals surface area contributed by atoms with E-state index in [1.165, 1.54) is 0 Å². The summed E-state index contributed by atoms with van der Waals surface area (Å²) in [5.74, 6) is 0.588. The molecule has 1 aromatic heterocycles. The number of rotatable bonds is 4. The van der Waals surface area contributed by atoms with E-state index >= 15 is 0 Å². The molecular weight excluding hydrogens is 220 g/mol. The minimum absolute atomic E-state index is 0.0496. The molecule has 2 heterocycles. The first-order valence-electron chi connectivity index (χ1n) is 6.14. The maximum absolute atomic E-state index is 9.34. The Kier molecular flexibility index (Phi) is 3.96. The van der Waals surface area contributed by atoms with Gasteiger partial charge in [-0.25, -0.2) is 0 Å². The van der Waals surface area contributed by atoms with Crippen molar-refractivity contribution in [1.82, 2.24) is 15.5 Å². The minimum Gasteiger partial charge on any atom is -0.406 e. The van der Waals surface area contributed by atoms with Crippen molar-refractivity contribution in [1.29, 1.82) is 0 Å². The Bertz CT molecular complexity index is 355. The Hall–Kier alpha value is -1.14. The maximum Gasteiger partial charge on any atom is 0.318 e. The maximum atomic E-state index is 9.34. The monoisotopic (exact) mass is 240 g/mol. The highest BCUT2D eigenvalue weighted by Gasteiger charge is 2.26. The molecular formula is C11H20N4O2. The van der Waals surface area contributed by atoms with Gasteiger partial charge in [0.2, 0.25) is 5.89 Å². The molecule has 1 fully saturated rings. The zero-order valence-corrected chi connectivity index (χ0v) is 10.4. The second-order valence-corrected chi connectivity index (χ2v) is 4.46. The van der Waals surface area contributed by atoms with E-state index in [9.17, 15) is 5.11 Å². The molecule has 0 spiro atoms. The molecule has 2 rings (SSSR count). The molecule has 0 radical (unpaired) electrons. The molecule has 0 aliphatic carbocycles. The lowest BCUT2D eigenvalue weighted by Gasteiger charge is -2.32. The van der Waals surface area contributed by atoms with Gasteiger partial charge in [-0.05, 0) is 33.2 Å². The lowest BCUT2D eigenvalue weighted by molar-refractivity contribution is 0.234. The molecule has 1 aliphatic rings. The zero-order valence-electron chi connectivity index (χ0n) is 10.4. The van der Waals surface area contributed by atoms with E-state index in [-0.39, 0.29) is 18.7 Å². The fourth-order valence-electron chi connectivity index (χ4n) is 2.08. The van der Waals surface area contributed by atoms with Crippen LogP contribution in [0.4, 0.5) is 6.01 Å². The molecule has 0 bridgehead atoms. The van der Waals surface area contributed by atoms with Crippen LogP contribution in [0, 0.1) is 0 Å². The second-order valence-electron chi connectivity index (χ2n) is 4.46. The molecule has 0 aromatic carbocycles. The smallest absolute Gasteiger partial charge is 0.318 e. The largest absolute Gasteiger partial charge is 0.406 e. The van der Waals surface area contributed by atoms with Crippen LogP contribution in [0.15, 0.2) is 4.42 Å². The van der Waals surface area contributed by atoms with Crippen molar-refractivity contribution in [3.05, 3.63) is 5.89 Å². The third-order valence-electron chi connectivity index (χ3n) is 3.32. The van der Waals surface area contributed by atoms with Gasteiger partial charge in [0.25, 0.3) is 0 Å². The van der Waals surface area contributed by atoms with Gasteiger partial charge in [-0.2, -0.15) is 0 Å². The third kappa shape index (κ3) is 2.58. The van der Waals surface area contributed by atoms with Gasteiger partial charge in [0.05, 0.1) is 18.7 Å². The Labute approximate surface area is 101 Å². The Morgan fingerprint density at radius 1 is 1.53 bits per heavy atom. The zero-order chi connectivity index (χ0) is 12.3. The Morgan fingerprint density at radius 2 is 2.35 bits per heavy atom. The fraction of sp³-hybridized carbons (Fsp3) is 0.818. The van der Waals surface area contributed by atoms with Gasteiger partial charge in [-0.1, -0.05) is 5.10 Å². The van der Waals surface area contributed by atoms with Gasteiger partial charge >= 0.3 is 6.01 Å². The standard InChI is InChI=1S/C11H20N4O2/c1-8(12-2)10-13-14-11(17-10)15-6-4-3-5-9(15)7-16/h8-9,12,16H,3-7H2,1-2H3. The van der Waals surface area contributed by atoms with Crippen molar-refractivity contribution in [3.8, 4) is 0 Å². The fourth-order valence-corrected chi connectivity index (χ4v) is 2.08. The van der Waals surface area contributed by atoms with Crippen molar-refractivity contribution in [2.45, 2.75) is 38.3 Å². The molecule has 1 saturated heterocycles. The van der Waals surface area contributed by atoms with Crippen molar-refractivity contribution < 1.29 is 9.52 Å². The quantitative estimate of drug-likeness (QED) is 0.807. The predicted octanol–water partition coefficient (Wildman–Crippen LogP) is 0.701. The molecule has 1 aliphatic heterocycles. The van der Waals surface area contributed by atoms with Crippen molar-refractivity contribution >= 4 is 6.01 Å². The highest BCUT2D eigenvalue weighted by Crippen LogP contribution is 2.24. The average molecular weight is 240 g/mol. The number of nitrogens with zero attached hydrogens (tertiary/aromatic N) is 3. The summed E-state index contributed by atoms with van der Waals surface area (Å²) >= 11 is 0.